The SMILES string of the molecule is COc1ccc(CSCC(=O)N2CC[C@@H](N)C2)cc1[N+](=O)[O-]. The number of carbonyl (C=O) groups excluding carboxylic acids is 1. The third-order valence-corrected chi connectivity index (χ3v) is 4.50. The fourth-order valence-corrected chi connectivity index (χ4v) is 3.20. The van der Waals surface area contributed by atoms with E-state index < -0.39 is 4.92 Å². The molecule has 0 bridgehead atoms. The molecule has 0 aliphatic carbocycles. The molecule has 1 atom stereocenters. The molecule has 1 amide bonds. The van der Waals surface area contributed by atoms with Crippen LogP contribution in [0.1, 0.15) is 12.0 Å². The van der Waals surface area contributed by atoms with Crippen LogP contribution in [0.4, 0.5) is 5.69 Å². The second-order valence-corrected chi connectivity index (χ2v) is 6.13. The highest BCUT2D eigenvalue weighted by Gasteiger charge is 2.23. The lowest BCUT2D eigenvalue weighted by Crippen LogP contribution is -2.33. The van der Waals surface area contributed by atoms with Crippen molar-refractivity contribution in [2.24, 2.45) is 5.73 Å². The summed E-state index contributed by atoms with van der Waals surface area (Å²) in [5.41, 5.74) is 6.52. The number of likely N-dealkylation sites (tertiary alicyclic amines) is 1. The van der Waals surface area contributed by atoms with Crippen LogP contribution in [-0.4, -0.2) is 47.7 Å². The lowest BCUT2D eigenvalue weighted by Gasteiger charge is -2.15. The van der Waals surface area contributed by atoms with Crippen LogP contribution >= 0.6 is 11.8 Å². The van der Waals surface area contributed by atoms with Crippen molar-refractivity contribution in [2.75, 3.05) is 26.0 Å². The highest BCUT2D eigenvalue weighted by atomic mass is 32.2. The zero-order chi connectivity index (χ0) is 16.1. The predicted octanol–water partition coefficient (Wildman–Crippen LogP) is 1.40. The highest BCUT2D eigenvalue weighted by Crippen LogP contribution is 2.29. The maximum Gasteiger partial charge on any atom is 0.311 e. The maximum atomic E-state index is 12.0. The molecule has 0 saturated carbocycles. The molecule has 1 aromatic carbocycles. The number of nitro groups is 1. The molecule has 120 valence electrons. The molecule has 8 heteroatoms. The molecule has 2 N–H and O–H groups in total. The van der Waals surface area contributed by atoms with Crippen molar-refractivity contribution in [2.45, 2.75) is 18.2 Å². The minimum atomic E-state index is -0.468. The number of hydrogen-bond acceptors (Lipinski definition) is 6. The van der Waals surface area contributed by atoms with Crippen molar-refractivity contribution in [1.82, 2.24) is 4.90 Å². The van der Waals surface area contributed by atoms with E-state index in [1.54, 1.807) is 17.0 Å². The summed E-state index contributed by atoms with van der Waals surface area (Å²) in [6.45, 7) is 1.34. The average molecular weight is 325 g/mol. The maximum absolute atomic E-state index is 12.0. The van der Waals surface area contributed by atoms with Gasteiger partial charge in [0.1, 0.15) is 0 Å². The first kappa shape index (κ1) is 16.6. The van der Waals surface area contributed by atoms with E-state index in [-0.39, 0.29) is 23.4 Å². The standard InChI is InChI=1S/C14H19N3O4S/c1-21-13-3-2-10(6-12(13)17(19)20)8-22-9-14(18)16-5-4-11(15)7-16/h2-3,6,11H,4-5,7-9,15H2,1H3/t11-/m1/s1. The smallest absolute Gasteiger partial charge is 0.311 e. The van der Waals surface area contributed by atoms with Gasteiger partial charge in [0, 0.05) is 31.0 Å². The Labute approximate surface area is 132 Å². The largest absolute Gasteiger partial charge is 0.490 e. The zero-order valence-electron chi connectivity index (χ0n) is 12.4. The van der Waals surface area contributed by atoms with E-state index in [0.717, 1.165) is 12.0 Å². The van der Waals surface area contributed by atoms with Gasteiger partial charge >= 0.3 is 5.69 Å². The second kappa shape index (κ2) is 7.46. The summed E-state index contributed by atoms with van der Waals surface area (Å²) < 4.78 is 4.96. The van der Waals surface area contributed by atoms with Crippen LogP contribution < -0.4 is 10.5 Å². The summed E-state index contributed by atoms with van der Waals surface area (Å²) in [5.74, 6) is 1.20. The molecular formula is C14H19N3O4S. The van der Waals surface area contributed by atoms with Gasteiger partial charge in [-0.15, -0.1) is 11.8 Å². The predicted molar refractivity (Wildman–Crippen MR) is 85.0 cm³/mol. The molecule has 0 aromatic heterocycles. The Balaban J connectivity index is 1.88. The van der Waals surface area contributed by atoms with Crippen LogP contribution in [0, 0.1) is 10.1 Å². The summed E-state index contributed by atoms with van der Waals surface area (Å²) in [6.07, 6.45) is 0.848. The Hall–Kier alpha value is -1.80. The van der Waals surface area contributed by atoms with Crippen LogP contribution in [0.15, 0.2) is 18.2 Å². The molecule has 1 saturated heterocycles. The van der Waals surface area contributed by atoms with E-state index in [0.29, 0.717) is 24.6 Å². The van der Waals surface area contributed by atoms with E-state index in [2.05, 4.69) is 0 Å². The molecule has 1 heterocycles. The van der Waals surface area contributed by atoms with Crippen molar-refractivity contribution in [3.63, 3.8) is 0 Å². The van der Waals surface area contributed by atoms with Crippen molar-refractivity contribution < 1.29 is 14.5 Å². The third kappa shape index (κ3) is 4.11. The number of benzene rings is 1. The van der Waals surface area contributed by atoms with Gasteiger partial charge < -0.3 is 15.4 Å². The lowest BCUT2D eigenvalue weighted by atomic mass is 10.2. The number of carbonyl (C=O) groups is 1. The van der Waals surface area contributed by atoms with Crippen molar-refractivity contribution in [3.8, 4) is 5.75 Å². The third-order valence-electron chi connectivity index (χ3n) is 3.51. The zero-order valence-corrected chi connectivity index (χ0v) is 13.2. The molecule has 22 heavy (non-hydrogen) atoms. The minimum Gasteiger partial charge on any atom is -0.490 e. The van der Waals surface area contributed by atoms with Crippen LogP contribution in [0.25, 0.3) is 0 Å². The molecule has 1 aliphatic heterocycles. The van der Waals surface area contributed by atoms with Gasteiger partial charge in [-0.3, -0.25) is 14.9 Å². The number of nitro benzene ring substituents is 1. The lowest BCUT2D eigenvalue weighted by molar-refractivity contribution is -0.385. The Morgan fingerprint density at radius 3 is 2.95 bits per heavy atom. The van der Waals surface area contributed by atoms with E-state index in [9.17, 15) is 14.9 Å². The van der Waals surface area contributed by atoms with E-state index in [1.165, 1.54) is 24.9 Å². The second-order valence-electron chi connectivity index (χ2n) is 5.14. The summed E-state index contributed by atoms with van der Waals surface area (Å²) in [4.78, 5) is 24.2. The number of ether oxygens (including phenoxy) is 1. The Kier molecular flexibility index (Phi) is 5.62. The quantitative estimate of drug-likeness (QED) is 0.627. The van der Waals surface area contributed by atoms with Crippen molar-refractivity contribution in [1.29, 1.82) is 0 Å². The first-order chi connectivity index (χ1) is 10.5. The van der Waals surface area contributed by atoms with Crippen LogP contribution in [0.5, 0.6) is 5.75 Å². The van der Waals surface area contributed by atoms with Crippen LogP contribution in [0.2, 0.25) is 0 Å². The molecule has 1 aliphatic rings. The average Bonchev–Trinajstić information content (AvgIpc) is 2.93. The summed E-state index contributed by atoms with van der Waals surface area (Å²) in [7, 11) is 1.40. The number of thioether (sulfide) groups is 1. The van der Waals surface area contributed by atoms with Crippen molar-refractivity contribution >= 4 is 23.4 Å². The van der Waals surface area contributed by atoms with Gasteiger partial charge in [0.15, 0.2) is 5.75 Å². The van der Waals surface area contributed by atoms with E-state index in [1.807, 2.05) is 0 Å². The highest BCUT2D eigenvalue weighted by molar-refractivity contribution is 7.99. The molecular weight excluding hydrogens is 306 g/mol. The number of hydrogen-bond donors (Lipinski definition) is 1. The fourth-order valence-electron chi connectivity index (χ4n) is 2.33. The molecule has 1 fully saturated rings. The number of nitrogens with zero attached hydrogens (tertiary/aromatic N) is 2. The number of amides is 1. The fraction of sp³-hybridized carbons (Fsp3) is 0.500. The van der Waals surface area contributed by atoms with Gasteiger partial charge in [-0.2, -0.15) is 0 Å². The molecule has 2 rings (SSSR count). The number of methoxy groups -OCH3 is 1. The monoisotopic (exact) mass is 325 g/mol. The molecule has 0 spiro atoms. The number of nitrogens with two attached hydrogens (primary N) is 1. The van der Waals surface area contributed by atoms with Gasteiger partial charge in [-0.25, -0.2) is 0 Å². The topological polar surface area (TPSA) is 98.7 Å². The van der Waals surface area contributed by atoms with Crippen molar-refractivity contribution in [3.05, 3.63) is 33.9 Å². The van der Waals surface area contributed by atoms with Gasteiger partial charge in [0.05, 0.1) is 17.8 Å². The molecule has 0 radical (unpaired) electrons. The number of rotatable bonds is 6. The minimum absolute atomic E-state index is 0.0579. The van der Waals surface area contributed by atoms with Gasteiger partial charge in [0.25, 0.3) is 0 Å². The Morgan fingerprint density at radius 1 is 1.59 bits per heavy atom. The molecule has 7 nitrogen and oxygen atoms in total. The normalized spacial score (nSPS) is 17.5. The van der Waals surface area contributed by atoms with E-state index in [4.69, 9.17) is 10.5 Å². The van der Waals surface area contributed by atoms with E-state index >= 15 is 0 Å². The summed E-state index contributed by atoms with van der Waals surface area (Å²) in [5, 5.41) is 11.0. The first-order valence-corrected chi connectivity index (χ1v) is 8.09. The summed E-state index contributed by atoms with van der Waals surface area (Å²) in [6, 6.07) is 4.92. The molecule has 1 aromatic rings. The molecule has 0 unspecified atom stereocenters. The Morgan fingerprint density at radius 2 is 2.36 bits per heavy atom. The van der Waals surface area contributed by atoms with Gasteiger partial charge in [0.2, 0.25) is 5.91 Å². The van der Waals surface area contributed by atoms with Crippen LogP contribution in [0.3, 0.4) is 0 Å². The van der Waals surface area contributed by atoms with Gasteiger partial charge in [-0.1, -0.05) is 6.07 Å². The Bertz CT molecular complexity index is 567. The van der Waals surface area contributed by atoms with Gasteiger partial charge in [-0.05, 0) is 18.1 Å². The summed E-state index contributed by atoms with van der Waals surface area (Å²) >= 11 is 1.44. The first-order valence-electron chi connectivity index (χ1n) is 6.93. The van der Waals surface area contributed by atoms with Crippen LogP contribution in [-0.2, 0) is 10.5 Å².